The third-order valence-electron chi connectivity index (χ3n) is 3.56. The van der Waals surface area contributed by atoms with Crippen LogP contribution in [-0.2, 0) is 9.47 Å². The Kier molecular flexibility index (Phi) is 4.55. The topological polar surface area (TPSA) is 21.7 Å². The van der Waals surface area contributed by atoms with Gasteiger partial charge in [-0.15, -0.1) is 0 Å². The van der Waals surface area contributed by atoms with Gasteiger partial charge in [0.2, 0.25) is 0 Å². The molecule has 0 radical (unpaired) electrons. The van der Waals surface area contributed by atoms with Crippen LogP contribution in [0.2, 0.25) is 0 Å². The molecule has 0 bridgehead atoms. The zero-order valence-corrected chi connectivity index (χ0v) is 10.9. The highest BCUT2D eigenvalue weighted by Crippen LogP contribution is 2.26. The quantitative estimate of drug-likeness (QED) is 0.770. The second-order valence-electron chi connectivity index (χ2n) is 4.64. The summed E-state index contributed by atoms with van der Waals surface area (Å²) in [4.78, 5) is 2.21. The first-order valence-electron chi connectivity index (χ1n) is 6.30. The summed E-state index contributed by atoms with van der Waals surface area (Å²) in [6, 6.07) is 6.77. The van der Waals surface area contributed by atoms with Gasteiger partial charge in [0.15, 0.2) is 6.29 Å². The number of piperidine rings is 1. The molecule has 18 heavy (non-hydrogen) atoms. The highest BCUT2D eigenvalue weighted by atomic mass is 19.1. The molecule has 1 fully saturated rings. The fraction of sp³-hybridized carbons (Fsp3) is 0.571. The van der Waals surface area contributed by atoms with E-state index in [1.54, 1.807) is 26.4 Å². The monoisotopic (exact) mass is 253 g/mol. The van der Waals surface area contributed by atoms with Crippen molar-refractivity contribution in [3.05, 3.63) is 30.1 Å². The molecular formula is C14H20FNO2. The van der Waals surface area contributed by atoms with Gasteiger partial charge in [-0.2, -0.15) is 0 Å². The number of hydrogen-bond donors (Lipinski definition) is 0. The molecule has 0 aliphatic carbocycles. The molecule has 0 N–H and O–H groups in total. The molecule has 0 saturated carbocycles. The molecule has 100 valence electrons. The number of nitrogens with zero attached hydrogens (tertiary/aromatic N) is 1. The molecule has 1 aliphatic rings. The number of methoxy groups -OCH3 is 2. The van der Waals surface area contributed by atoms with Gasteiger partial charge in [0, 0.05) is 38.9 Å². The second kappa shape index (κ2) is 6.16. The van der Waals surface area contributed by atoms with Crippen LogP contribution in [0.5, 0.6) is 0 Å². The fourth-order valence-corrected chi connectivity index (χ4v) is 2.58. The van der Waals surface area contributed by atoms with Gasteiger partial charge in [-0.25, -0.2) is 4.39 Å². The molecule has 0 aromatic heterocycles. The van der Waals surface area contributed by atoms with Crippen LogP contribution in [0.3, 0.4) is 0 Å². The van der Waals surface area contributed by atoms with E-state index in [4.69, 9.17) is 9.47 Å². The average Bonchev–Trinajstić information content (AvgIpc) is 2.41. The lowest BCUT2D eigenvalue weighted by molar-refractivity contribution is -0.141. The second-order valence-corrected chi connectivity index (χ2v) is 4.64. The number of benzene rings is 1. The van der Waals surface area contributed by atoms with Gasteiger partial charge in [0.1, 0.15) is 5.82 Å². The minimum absolute atomic E-state index is 0.125. The first kappa shape index (κ1) is 13.3. The first-order chi connectivity index (χ1) is 8.74. The number of hydrogen-bond acceptors (Lipinski definition) is 3. The SMILES string of the molecule is COC(OC)C1CCN(c2cccc(F)c2)CC1. The van der Waals surface area contributed by atoms with Crippen LogP contribution in [0.15, 0.2) is 24.3 Å². The standard InChI is InChI=1S/C14H20FNO2/c1-17-14(18-2)11-6-8-16(9-7-11)13-5-3-4-12(15)10-13/h3-5,10-11,14H,6-9H2,1-2H3. The van der Waals surface area contributed by atoms with Crippen LogP contribution in [0.25, 0.3) is 0 Å². The summed E-state index contributed by atoms with van der Waals surface area (Å²) in [5.74, 6) is 0.242. The Morgan fingerprint density at radius 2 is 1.89 bits per heavy atom. The van der Waals surface area contributed by atoms with Crippen LogP contribution in [0, 0.1) is 11.7 Å². The summed E-state index contributed by atoms with van der Waals surface area (Å²) in [7, 11) is 3.35. The molecule has 0 atom stereocenters. The highest BCUT2D eigenvalue weighted by Gasteiger charge is 2.26. The summed E-state index contributed by atoms with van der Waals surface area (Å²) in [6.45, 7) is 1.83. The molecule has 1 aliphatic heterocycles. The molecule has 1 aromatic carbocycles. The van der Waals surface area contributed by atoms with Crippen LogP contribution in [0.4, 0.5) is 10.1 Å². The van der Waals surface area contributed by atoms with Gasteiger partial charge in [0.05, 0.1) is 0 Å². The van der Waals surface area contributed by atoms with Gasteiger partial charge < -0.3 is 14.4 Å². The summed E-state index contributed by atoms with van der Waals surface area (Å²) in [5, 5.41) is 0. The Morgan fingerprint density at radius 1 is 1.22 bits per heavy atom. The molecule has 0 unspecified atom stereocenters. The van der Waals surface area contributed by atoms with Crippen molar-refractivity contribution in [2.45, 2.75) is 19.1 Å². The van der Waals surface area contributed by atoms with E-state index in [2.05, 4.69) is 4.90 Å². The highest BCUT2D eigenvalue weighted by molar-refractivity contribution is 5.46. The lowest BCUT2D eigenvalue weighted by Gasteiger charge is -2.36. The van der Waals surface area contributed by atoms with Crippen LogP contribution in [-0.4, -0.2) is 33.6 Å². The van der Waals surface area contributed by atoms with E-state index in [0.717, 1.165) is 31.6 Å². The van der Waals surface area contributed by atoms with Gasteiger partial charge in [-0.3, -0.25) is 0 Å². The van der Waals surface area contributed by atoms with Gasteiger partial charge >= 0.3 is 0 Å². The van der Waals surface area contributed by atoms with Crippen molar-refractivity contribution in [2.24, 2.45) is 5.92 Å². The normalized spacial score (nSPS) is 17.4. The van der Waals surface area contributed by atoms with E-state index >= 15 is 0 Å². The number of halogens is 1. The Labute approximate surface area is 107 Å². The van der Waals surface area contributed by atoms with E-state index < -0.39 is 0 Å². The molecule has 1 saturated heterocycles. The Hall–Kier alpha value is -1.13. The molecule has 1 heterocycles. The predicted octanol–water partition coefficient (Wildman–Crippen LogP) is 2.66. The largest absolute Gasteiger partial charge is 0.371 e. The number of rotatable bonds is 4. The molecule has 3 nitrogen and oxygen atoms in total. The lowest BCUT2D eigenvalue weighted by atomic mass is 9.95. The van der Waals surface area contributed by atoms with E-state index in [0.29, 0.717) is 5.92 Å². The minimum Gasteiger partial charge on any atom is -0.371 e. The summed E-state index contributed by atoms with van der Waals surface area (Å²) >= 11 is 0. The van der Waals surface area contributed by atoms with Gasteiger partial charge in [-0.05, 0) is 31.0 Å². The van der Waals surface area contributed by atoms with E-state index in [9.17, 15) is 4.39 Å². The smallest absolute Gasteiger partial charge is 0.159 e. The van der Waals surface area contributed by atoms with E-state index in [1.807, 2.05) is 6.07 Å². The van der Waals surface area contributed by atoms with Gasteiger partial charge in [-0.1, -0.05) is 6.07 Å². The number of ether oxygens (including phenoxy) is 2. The maximum Gasteiger partial charge on any atom is 0.159 e. The maximum atomic E-state index is 13.2. The molecule has 4 heteroatoms. The fourth-order valence-electron chi connectivity index (χ4n) is 2.58. The summed E-state index contributed by atoms with van der Waals surface area (Å²) < 4.78 is 23.8. The number of anilines is 1. The molecule has 0 spiro atoms. The molecular weight excluding hydrogens is 233 g/mol. The van der Waals surface area contributed by atoms with Crippen molar-refractivity contribution in [3.8, 4) is 0 Å². The van der Waals surface area contributed by atoms with Crippen LogP contribution < -0.4 is 4.90 Å². The maximum absolute atomic E-state index is 13.2. The summed E-state index contributed by atoms with van der Waals surface area (Å²) in [5.41, 5.74) is 0.958. The van der Waals surface area contributed by atoms with Crippen molar-refractivity contribution >= 4 is 5.69 Å². The minimum atomic E-state index is -0.179. The first-order valence-corrected chi connectivity index (χ1v) is 6.30. The molecule has 2 rings (SSSR count). The van der Waals surface area contributed by atoms with Crippen LogP contribution >= 0.6 is 0 Å². The Bertz CT molecular complexity index is 374. The molecule has 0 amide bonds. The molecule has 1 aromatic rings. The average molecular weight is 253 g/mol. The van der Waals surface area contributed by atoms with Gasteiger partial charge in [0.25, 0.3) is 0 Å². The third kappa shape index (κ3) is 3.00. The van der Waals surface area contributed by atoms with Crippen LogP contribution in [0.1, 0.15) is 12.8 Å². The van der Waals surface area contributed by atoms with Crippen molar-refractivity contribution in [1.29, 1.82) is 0 Å². The van der Waals surface area contributed by atoms with E-state index in [-0.39, 0.29) is 12.1 Å². The van der Waals surface area contributed by atoms with Crippen molar-refractivity contribution in [1.82, 2.24) is 0 Å². The third-order valence-corrected chi connectivity index (χ3v) is 3.56. The Morgan fingerprint density at radius 3 is 2.44 bits per heavy atom. The van der Waals surface area contributed by atoms with Crippen molar-refractivity contribution < 1.29 is 13.9 Å². The lowest BCUT2D eigenvalue weighted by Crippen LogP contribution is -2.39. The van der Waals surface area contributed by atoms with E-state index in [1.165, 1.54) is 6.07 Å². The zero-order chi connectivity index (χ0) is 13.0. The van der Waals surface area contributed by atoms with Crippen molar-refractivity contribution in [3.63, 3.8) is 0 Å². The zero-order valence-electron chi connectivity index (χ0n) is 10.9. The predicted molar refractivity (Wildman–Crippen MR) is 69.1 cm³/mol. The summed E-state index contributed by atoms with van der Waals surface area (Å²) in [6.07, 6.45) is 1.88. The Balaban J connectivity index is 1.94. The van der Waals surface area contributed by atoms with Crippen molar-refractivity contribution in [2.75, 3.05) is 32.2 Å².